The predicted molar refractivity (Wildman–Crippen MR) is 112 cm³/mol. The van der Waals surface area contributed by atoms with Crippen LogP contribution in [0.4, 0.5) is 13.2 Å². The largest absolute Gasteiger partial charge is 0.416 e. The van der Waals surface area contributed by atoms with E-state index >= 15 is 0 Å². The Bertz CT molecular complexity index is 1190. The van der Waals surface area contributed by atoms with Gasteiger partial charge in [-0.2, -0.15) is 18.3 Å². The van der Waals surface area contributed by atoms with Crippen molar-refractivity contribution in [1.29, 1.82) is 0 Å². The Labute approximate surface area is 177 Å². The molecule has 4 nitrogen and oxygen atoms in total. The van der Waals surface area contributed by atoms with Gasteiger partial charge in [-0.1, -0.05) is 47.7 Å². The smallest absolute Gasteiger partial charge is 0.307 e. The molecule has 3 aromatic rings. The van der Waals surface area contributed by atoms with Crippen molar-refractivity contribution in [3.8, 4) is 0 Å². The van der Waals surface area contributed by atoms with Gasteiger partial charge in [0.25, 0.3) is 5.91 Å². The van der Waals surface area contributed by atoms with Crippen molar-refractivity contribution in [2.24, 2.45) is 0 Å². The van der Waals surface area contributed by atoms with Gasteiger partial charge in [0.15, 0.2) is 0 Å². The summed E-state index contributed by atoms with van der Waals surface area (Å²) in [6, 6.07) is 9.05. The van der Waals surface area contributed by atoms with Gasteiger partial charge in [0.05, 0.1) is 28.7 Å². The van der Waals surface area contributed by atoms with Gasteiger partial charge in [-0.15, -0.1) is 0 Å². The van der Waals surface area contributed by atoms with E-state index in [1.807, 2.05) is 6.07 Å². The van der Waals surface area contributed by atoms with E-state index < -0.39 is 11.7 Å². The molecule has 148 valence electrons. The van der Waals surface area contributed by atoms with Crippen molar-refractivity contribution < 1.29 is 18.0 Å². The number of hydrogen-bond donors (Lipinski definition) is 1. The van der Waals surface area contributed by atoms with E-state index in [0.29, 0.717) is 14.7 Å². The van der Waals surface area contributed by atoms with Crippen LogP contribution in [-0.4, -0.2) is 20.0 Å². The highest BCUT2D eigenvalue weighted by Crippen LogP contribution is 2.34. The summed E-state index contributed by atoms with van der Waals surface area (Å²) in [5.41, 5.74) is 0.733. The van der Waals surface area contributed by atoms with E-state index in [2.05, 4.69) is 10.4 Å². The number of aromatic nitrogens is 2. The molecule has 0 atom stereocenters. The summed E-state index contributed by atoms with van der Waals surface area (Å²) >= 11 is 11.9. The van der Waals surface area contributed by atoms with E-state index in [-0.39, 0.29) is 23.0 Å². The van der Waals surface area contributed by atoms with Gasteiger partial charge in [0, 0.05) is 10.4 Å². The molecule has 0 saturated carbocycles. The molecule has 1 amide bonds. The van der Waals surface area contributed by atoms with Gasteiger partial charge < -0.3 is 5.32 Å². The van der Waals surface area contributed by atoms with E-state index in [1.54, 1.807) is 24.4 Å². The molecular weight excluding hydrogens is 443 g/mol. The highest BCUT2D eigenvalue weighted by atomic mass is 35.5. The molecule has 1 aliphatic heterocycles. The molecule has 1 fully saturated rings. The number of thiocarbonyl (C=S) groups is 1. The third-order valence-electron chi connectivity index (χ3n) is 4.30. The summed E-state index contributed by atoms with van der Waals surface area (Å²) in [4.78, 5) is 12.3. The van der Waals surface area contributed by atoms with Gasteiger partial charge >= 0.3 is 6.18 Å². The fraction of sp³-hybridized carbons (Fsp3) is 0.105. The quantitative estimate of drug-likeness (QED) is 0.435. The van der Waals surface area contributed by atoms with Crippen LogP contribution in [0.1, 0.15) is 16.7 Å². The number of fused-ring (bicyclic) bond motifs is 1. The Kier molecular flexibility index (Phi) is 5.14. The van der Waals surface area contributed by atoms with Gasteiger partial charge in [-0.05, 0) is 41.5 Å². The van der Waals surface area contributed by atoms with Gasteiger partial charge in [-0.3, -0.25) is 9.48 Å². The molecule has 29 heavy (non-hydrogen) atoms. The molecule has 0 radical (unpaired) electrons. The summed E-state index contributed by atoms with van der Waals surface area (Å²) < 4.78 is 41.9. The maximum Gasteiger partial charge on any atom is 0.416 e. The van der Waals surface area contributed by atoms with Crippen molar-refractivity contribution in [3.05, 3.63) is 69.2 Å². The zero-order valence-electron chi connectivity index (χ0n) is 14.5. The number of hydrogen-bond acceptors (Lipinski definition) is 4. The third-order valence-corrected chi connectivity index (χ3v) is 5.70. The topological polar surface area (TPSA) is 46.9 Å². The SMILES string of the molecule is O=C1NC(=S)S/C1=C\c1ccc2c(cnn2Cc2ccc(Cl)cc2C(F)(F)F)c1. The molecule has 1 aliphatic rings. The molecule has 2 aromatic carbocycles. The number of nitrogens with one attached hydrogen (secondary N) is 1. The number of benzene rings is 2. The van der Waals surface area contributed by atoms with Crippen LogP contribution in [0.3, 0.4) is 0 Å². The number of rotatable bonds is 3. The van der Waals surface area contributed by atoms with Crippen LogP contribution in [0, 0.1) is 0 Å². The van der Waals surface area contributed by atoms with Crippen molar-refractivity contribution >= 4 is 62.8 Å². The monoisotopic (exact) mass is 453 g/mol. The van der Waals surface area contributed by atoms with Crippen LogP contribution in [0.5, 0.6) is 0 Å². The first-order valence-corrected chi connectivity index (χ1v) is 9.87. The maximum atomic E-state index is 13.3. The van der Waals surface area contributed by atoms with Crippen molar-refractivity contribution in [2.75, 3.05) is 0 Å². The summed E-state index contributed by atoms with van der Waals surface area (Å²) in [7, 11) is 0. The normalized spacial score (nSPS) is 16.1. The average Bonchev–Trinajstić information content (AvgIpc) is 3.18. The average molecular weight is 454 g/mol. The lowest BCUT2D eigenvalue weighted by atomic mass is 10.1. The molecular formula is C19H11ClF3N3OS2. The Morgan fingerprint density at radius 3 is 2.72 bits per heavy atom. The summed E-state index contributed by atoms with van der Waals surface area (Å²) in [5, 5.41) is 7.54. The number of nitrogens with zero attached hydrogens (tertiary/aromatic N) is 2. The second-order valence-electron chi connectivity index (χ2n) is 6.27. The standard InChI is InChI=1S/C19H11ClF3N3OS2/c20-13-3-2-11(14(7-13)19(21,22)23)9-26-15-4-1-10(5-12(15)8-24-26)6-16-17(27)25-18(28)29-16/h1-8H,9H2,(H,25,27,28)/b16-6-. The van der Waals surface area contributed by atoms with E-state index in [0.717, 1.165) is 17.0 Å². The molecule has 4 rings (SSSR count). The first-order chi connectivity index (χ1) is 13.7. The Balaban J connectivity index is 1.67. The summed E-state index contributed by atoms with van der Waals surface area (Å²) in [6.45, 7) is -0.0531. The molecule has 1 aromatic heterocycles. The summed E-state index contributed by atoms with van der Waals surface area (Å²) in [6.07, 6.45) is -1.23. The lowest BCUT2D eigenvalue weighted by molar-refractivity contribution is -0.138. The van der Waals surface area contributed by atoms with Crippen LogP contribution in [0.15, 0.2) is 47.5 Å². The molecule has 0 bridgehead atoms. The van der Waals surface area contributed by atoms with Crippen molar-refractivity contribution in [1.82, 2.24) is 15.1 Å². The van der Waals surface area contributed by atoms with Gasteiger partial charge in [0.1, 0.15) is 4.32 Å². The number of amides is 1. The first kappa shape index (κ1) is 19.9. The van der Waals surface area contributed by atoms with Gasteiger partial charge in [0.2, 0.25) is 0 Å². The van der Waals surface area contributed by atoms with Crippen LogP contribution in [-0.2, 0) is 17.5 Å². The van der Waals surface area contributed by atoms with E-state index in [9.17, 15) is 18.0 Å². The number of carbonyl (C=O) groups is 1. The van der Waals surface area contributed by atoms with Crippen molar-refractivity contribution in [2.45, 2.75) is 12.7 Å². The Hall–Kier alpha value is -2.36. The molecule has 0 unspecified atom stereocenters. The zero-order chi connectivity index (χ0) is 20.8. The fourth-order valence-electron chi connectivity index (χ4n) is 3.01. The second-order valence-corrected chi connectivity index (χ2v) is 8.43. The number of alkyl halides is 3. The molecule has 0 spiro atoms. The highest BCUT2D eigenvalue weighted by molar-refractivity contribution is 8.26. The first-order valence-electron chi connectivity index (χ1n) is 8.27. The number of thioether (sulfide) groups is 1. The van der Waals surface area contributed by atoms with Crippen molar-refractivity contribution in [3.63, 3.8) is 0 Å². The molecule has 0 aliphatic carbocycles. The molecule has 1 N–H and O–H groups in total. The lowest BCUT2D eigenvalue weighted by Crippen LogP contribution is -2.17. The third kappa shape index (κ3) is 4.17. The molecule has 1 saturated heterocycles. The minimum absolute atomic E-state index is 0.0254. The Morgan fingerprint density at radius 1 is 1.24 bits per heavy atom. The highest BCUT2D eigenvalue weighted by Gasteiger charge is 2.33. The minimum Gasteiger partial charge on any atom is -0.307 e. The number of carbonyl (C=O) groups excluding carboxylic acids is 1. The Morgan fingerprint density at radius 2 is 2.03 bits per heavy atom. The molecule has 10 heteroatoms. The number of halogens is 4. The summed E-state index contributed by atoms with van der Waals surface area (Å²) in [5.74, 6) is -0.252. The van der Waals surface area contributed by atoms with Crippen LogP contribution in [0.25, 0.3) is 17.0 Å². The van der Waals surface area contributed by atoms with Crippen LogP contribution < -0.4 is 5.32 Å². The van der Waals surface area contributed by atoms with Crippen LogP contribution in [0.2, 0.25) is 5.02 Å². The fourth-order valence-corrected chi connectivity index (χ4v) is 4.22. The van der Waals surface area contributed by atoms with Crippen LogP contribution >= 0.6 is 35.6 Å². The van der Waals surface area contributed by atoms with Gasteiger partial charge in [-0.25, -0.2) is 0 Å². The predicted octanol–water partition coefficient (Wildman–Crippen LogP) is 5.25. The molecule has 2 heterocycles. The second kappa shape index (κ2) is 7.47. The lowest BCUT2D eigenvalue weighted by Gasteiger charge is -2.14. The maximum absolute atomic E-state index is 13.3. The van der Waals surface area contributed by atoms with E-state index in [1.165, 1.54) is 28.6 Å². The van der Waals surface area contributed by atoms with E-state index in [4.69, 9.17) is 23.8 Å². The minimum atomic E-state index is -4.51. The zero-order valence-corrected chi connectivity index (χ0v) is 16.8.